The van der Waals surface area contributed by atoms with Crippen LogP contribution in [0.1, 0.15) is 58.9 Å². The van der Waals surface area contributed by atoms with Gasteiger partial charge in [-0.3, -0.25) is 0 Å². The van der Waals surface area contributed by atoms with Crippen LogP contribution in [0.5, 0.6) is 0 Å². The average molecular weight is 545 g/mol. The molecule has 0 aliphatic heterocycles. The molecule has 0 aliphatic carbocycles. The van der Waals surface area contributed by atoms with E-state index in [-0.39, 0.29) is 16.7 Å². The Labute approximate surface area is 195 Å². The molecule has 0 amide bonds. The Kier molecular flexibility index (Phi) is 7.29. The fourth-order valence-corrected chi connectivity index (χ4v) is 6.16. The Morgan fingerprint density at radius 1 is 0.750 bits per heavy atom. The molecule has 0 aromatic heterocycles. The summed E-state index contributed by atoms with van der Waals surface area (Å²) in [6.07, 6.45) is 0.427. The number of hydrogen-bond donors (Lipinski definition) is 3. The van der Waals surface area contributed by atoms with Crippen LogP contribution in [-0.4, -0.2) is 33.2 Å². The van der Waals surface area contributed by atoms with E-state index in [1.807, 2.05) is 25.1 Å². The second kappa shape index (κ2) is 9.95. The van der Waals surface area contributed by atoms with Gasteiger partial charge < -0.3 is 0 Å². The van der Waals surface area contributed by atoms with Crippen molar-refractivity contribution in [2.24, 2.45) is 0 Å². The molecule has 3 aromatic carbocycles. The van der Waals surface area contributed by atoms with Crippen LogP contribution in [0.25, 0.3) is 0 Å². The van der Waals surface area contributed by atoms with Crippen molar-refractivity contribution in [3.63, 3.8) is 0 Å². The summed E-state index contributed by atoms with van der Waals surface area (Å²) in [4.78, 5) is 34.5. The topological polar surface area (TPSA) is 112 Å². The molecule has 0 heterocycles. The molecule has 0 fully saturated rings. The van der Waals surface area contributed by atoms with E-state index in [1.54, 1.807) is 43.3 Å². The first-order valence-corrected chi connectivity index (χ1v) is 12.4. The van der Waals surface area contributed by atoms with Crippen molar-refractivity contribution >= 4 is 17.9 Å². The minimum atomic E-state index is -1.02. The predicted octanol–water partition coefficient (Wildman–Crippen LogP) is 1.45. The van der Waals surface area contributed by atoms with Gasteiger partial charge in [0.25, 0.3) is 0 Å². The van der Waals surface area contributed by atoms with Crippen LogP contribution in [0.2, 0.25) is 0 Å². The summed E-state index contributed by atoms with van der Waals surface area (Å²) in [7, 11) is 0. The number of benzene rings is 3. The van der Waals surface area contributed by atoms with Crippen LogP contribution in [0.15, 0.2) is 54.6 Å². The molecule has 0 atom stereocenters. The average Bonchev–Trinajstić information content (AvgIpc) is 2.73. The van der Waals surface area contributed by atoms with E-state index in [4.69, 9.17) is 0 Å². The maximum absolute atomic E-state index is 11.9. The van der Waals surface area contributed by atoms with Crippen LogP contribution in [0.3, 0.4) is 0 Å². The number of aromatic carboxylic acids is 3. The summed E-state index contributed by atoms with van der Waals surface area (Å²) < 4.78 is 1.51. The Balaban J connectivity index is 1.83. The quantitative estimate of drug-likeness (QED) is 0.292. The van der Waals surface area contributed by atoms with E-state index in [2.05, 4.69) is 0 Å². The first-order valence-electron chi connectivity index (χ1n) is 9.76. The second-order valence-corrected chi connectivity index (χ2v) is 10.3. The number of hydrogen-bond acceptors (Lipinski definition) is 3. The monoisotopic (exact) mass is 545 g/mol. The first-order chi connectivity index (χ1) is 15.1. The maximum atomic E-state index is 11.9. The van der Waals surface area contributed by atoms with Gasteiger partial charge in [-0.2, -0.15) is 0 Å². The third-order valence-electron chi connectivity index (χ3n) is 5.00. The van der Waals surface area contributed by atoms with Gasteiger partial charge in [0.1, 0.15) is 0 Å². The van der Waals surface area contributed by atoms with Crippen molar-refractivity contribution in [3.05, 3.63) is 103 Å². The molecular formula is C25H22IO6-. The molecule has 166 valence electrons. The molecule has 7 heteroatoms. The number of aryl methyl sites for hydroxylation is 2. The molecule has 3 aromatic rings. The number of carboxylic acid groups (broad SMARTS) is 3. The van der Waals surface area contributed by atoms with Crippen molar-refractivity contribution in [1.82, 2.24) is 0 Å². The predicted molar refractivity (Wildman–Crippen MR) is 115 cm³/mol. The Bertz CT molecular complexity index is 1220. The van der Waals surface area contributed by atoms with Crippen LogP contribution < -0.4 is 21.2 Å². The summed E-state index contributed by atoms with van der Waals surface area (Å²) >= 11 is -0.620. The zero-order valence-corrected chi connectivity index (χ0v) is 19.7. The van der Waals surface area contributed by atoms with Crippen molar-refractivity contribution in [1.29, 1.82) is 0 Å². The zero-order valence-electron chi connectivity index (χ0n) is 17.6. The van der Waals surface area contributed by atoms with E-state index >= 15 is 0 Å². The number of carbonyl (C=O) groups is 3. The molecule has 0 aliphatic rings. The van der Waals surface area contributed by atoms with Crippen molar-refractivity contribution < 1.29 is 50.9 Å². The molecule has 0 saturated carbocycles. The van der Waals surface area contributed by atoms with Gasteiger partial charge in [0, 0.05) is 0 Å². The van der Waals surface area contributed by atoms with Gasteiger partial charge in [-0.05, 0) is 0 Å². The van der Waals surface area contributed by atoms with E-state index in [0.29, 0.717) is 22.0 Å². The number of carboxylic acids is 3. The van der Waals surface area contributed by atoms with Crippen LogP contribution in [0.4, 0.5) is 0 Å². The van der Waals surface area contributed by atoms with E-state index in [9.17, 15) is 29.7 Å². The third kappa shape index (κ3) is 5.73. The van der Waals surface area contributed by atoms with Gasteiger partial charge in [-0.1, -0.05) is 0 Å². The fourth-order valence-electron chi connectivity index (χ4n) is 3.38. The molecule has 32 heavy (non-hydrogen) atoms. The second-order valence-electron chi connectivity index (χ2n) is 7.52. The van der Waals surface area contributed by atoms with Crippen molar-refractivity contribution in [2.75, 3.05) is 0 Å². The van der Waals surface area contributed by atoms with E-state index < -0.39 is 39.1 Å². The normalized spacial score (nSPS) is 10.8. The van der Waals surface area contributed by atoms with E-state index in [0.717, 1.165) is 20.3 Å². The molecule has 0 bridgehead atoms. The van der Waals surface area contributed by atoms with Crippen LogP contribution in [0, 0.1) is 17.4 Å². The molecular weight excluding hydrogens is 523 g/mol. The molecule has 3 N–H and O–H groups in total. The summed E-state index contributed by atoms with van der Waals surface area (Å²) in [6, 6.07) is 15.8. The van der Waals surface area contributed by atoms with Crippen molar-refractivity contribution in [2.45, 2.75) is 24.7 Å². The number of halogens is 1. The molecule has 0 radical (unpaired) electrons. The van der Waals surface area contributed by atoms with Gasteiger partial charge in [0.15, 0.2) is 0 Å². The van der Waals surface area contributed by atoms with Crippen LogP contribution >= 0.6 is 0 Å². The summed E-state index contributed by atoms with van der Waals surface area (Å²) in [5.74, 6) is -2.98. The minimum absolute atomic E-state index is 0.221. The Morgan fingerprint density at radius 3 is 2.00 bits per heavy atom. The van der Waals surface area contributed by atoms with Gasteiger partial charge in [-0.15, -0.1) is 0 Å². The zero-order chi connectivity index (χ0) is 23.4. The summed E-state index contributed by atoms with van der Waals surface area (Å²) in [6.45, 7) is 3.58. The van der Waals surface area contributed by atoms with Crippen molar-refractivity contribution in [3.8, 4) is 0 Å². The van der Waals surface area contributed by atoms with Gasteiger partial charge in [0.2, 0.25) is 0 Å². The van der Waals surface area contributed by atoms with Gasteiger partial charge in [-0.25, -0.2) is 0 Å². The molecule has 0 saturated heterocycles. The number of rotatable bonds is 8. The standard InChI is InChI=1S/C25H22IO6/c1-14-7-19(23(27)28)12-20(8-14)26-13-18-6-5-17(11-22(18)25(31)32)9-16-4-3-15(2)21(10-16)24(29)30/h3-8,10-12H,9,13H2,1-2H3,(H,27,28)(H,29,30)(H,31,32)/q-1. The Morgan fingerprint density at radius 2 is 1.38 bits per heavy atom. The SMILES string of the molecule is Cc1cc([I-]Cc2ccc(Cc3ccc(C)c(C(=O)O)c3)cc2C(=O)O)cc(C(=O)O)c1. The number of alkyl halides is 1. The first kappa shape index (κ1) is 23.5. The summed E-state index contributed by atoms with van der Waals surface area (Å²) in [5.41, 5.74) is 4.54. The summed E-state index contributed by atoms with van der Waals surface area (Å²) in [5, 5.41) is 28.3. The third-order valence-corrected chi connectivity index (χ3v) is 7.71. The van der Waals surface area contributed by atoms with E-state index in [1.165, 1.54) is 0 Å². The van der Waals surface area contributed by atoms with Gasteiger partial charge in [0.05, 0.1) is 0 Å². The van der Waals surface area contributed by atoms with Crippen LogP contribution in [-0.2, 0) is 10.8 Å². The molecule has 6 nitrogen and oxygen atoms in total. The molecule has 0 unspecified atom stereocenters. The molecule has 0 spiro atoms. The fraction of sp³-hybridized carbons (Fsp3) is 0.160. The Hall–Kier alpha value is -3.20. The van der Waals surface area contributed by atoms with Gasteiger partial charge >= 0.3 is 196 Å². The molecule has 3 rings (SSSR count).